The molecule has 0 radical (unpaired) electrons. The summed E-state index contributed by atoms with van der Waals surface area (Å²) in [6, 6.07) is 4.79. The van der Waals surface area contributed by atoms with Gasteiger partial charge < -0.3 is 10.6 Å². The molecule has 1 atom stereocenters. The highest BCUT2D eigenvalue weighted by atomic mass is 15.2. The van der Waals surface area contributed by atoms with E-state index in [1.54, 1.807) is 0 Å². The molecule has 0 fully saturated rings. The molecule has 3 heteroatoms. The van der Waals surface area contributed by atoms with E-state index in [0.29, 0.717) is 6.04 Å². The third kappa shape index (κ3) is 4.83. The highest BCUT2D eigenvalue weighted by Gasteiger charge is 2.11. The monoisotopic (exact) mass is 263 g/mol. The number of unbranched alkanes of at least 4 members (excludes halogenated alkanes) is 2. The third-order valence-corrected chi connectivity index (χ3v) is 3.55. The highest BCUT2D eigenvalue weighted by Crippen LogP contribution is 2.19. The average molecular weight is 263 g/mol. The van der Waals surface area contributed by atoms with Gasteiger partial charge in [-0.15, -0.1) is 0 Å². The molecule has 0 unspecified atom stereocenters. The van der Waals surface area contributed by atoms with Crippen LogP contribution in [0.15, 0.2) is 18.3 Å². The summed E-state index contributed by atoms with van der Waals surface area (Å²) in [5.41, 5.74) is 8.20. The van der Waals surface area contributed by atoms with Gasteiger partial charge in [-0.2, -0.15) is 0 Å². The van der Waals surface area contributed by atoms with Gasteiger partial charge in [0.1, 0.15) is 0 Å². The standard InChI is InChI=1S/C16H29N3/c1-5-7-8-11-19(13(3)4)14-9-10-16(18-12-14)15(17)6-2/h9-10,12-13,15H,5-8,11,17H2,1-4H3/t15-/m1/s1. The first kappa shape index (κ1) is 16.0. The summed E-state index contributed by atoms with van der Waals surface area (Å²) < 4.78 is 0. The molecule has 1 aromatic rings. The Morgan fingerprint density at radius 2 is 1.95 bits per heavy atom. The number of hydrogen-bond acceptors (Lipinski definition) is 3. The quantitative estimate of drug-likeness (QED) is 0.723. The molecule has 1 heterocycles. The Hall–Kier alpha value is -1.09. The molecule has 2 N–H and O–H groups in total. The van der Waals surface area contributed by atoms with Crippen LogP contribution in [0.4, 0.5) is 5.69 Å². The number of pyridine rings is 1. The first-order valence-electron chi connectivity index (χ1n) is 7.58. The van der Waals surface area contributed by atoms with E-state index >= 15 is 0 Å². The Labute approximate surface area is 118 Å². The SMILES string of the molecule is CCCCCN(c1ccc([C@H](N)CC)nc1)C(C)C. The summed E-state index contributed by atoms with van der Waals surface area (Å²) in [4.78, 5) is 6.93. The molecule has 0 amide bonds. The Bertz CT molecular complexity index is 346. The van der Waals surface area contributed by atoms with Crippen LogP contribution in [0.5, 0.6) is 0 Å². The number of anilines is 1. The number of rotatable bonds is 8. The number of nitrogens with two attached hydrogens (primary N) is 1. The summed E-state index contributed by atoms with van der Waals surface area (Å²) in [6.45, 7) is 9.90. The van der Waals surface area contributed by atoms with Crippen molar-refractivity contribution in [2.75, 3.05) is 11.4 Å². The van der Waals surface area contributed by atoms with Crippen molar-refractivity contribution < 1.29 is 0 Å². The molecule has 0 aliphatic rings. The second-order valence-corrected chi connectivity index (χ2v) is 5.45. The number of hydrogen-bond donors (Lipinski definition) is 1. The zero-order chi connectivity index (χ0) is 14.3. The van der Waals surface area contributed by atoms with Crippen molar-refractivity contribution in [1.29, 1.82) is 0 Å². The van der Waals surface area contributed by atoms with Crippen molar-refractivity contribution in [3.05, 3.63) is 24.0 Å². The molecule has 108 valence electrons. The molecule has 0 spiro atoms. The lowest BCUT2D eigenvalue weighted by Crippen LogP contribution is -2.31. The lowest BCUT2D eigenvalue weighted by Gasteiger charge is -2.29. The number of nitrogens with zero attached hydrogens (tertiary/aromatic N) is 2. The summed E-state index contributed by atoms with van der Waals surface area (Å²) in [6.07, 6.45) is 6.68. The van der Waals surface area contributed by atoms with Gasteiger partial charge in [-0.05, 0) is 38.8 Å². The largest absolute Gasteiger partial charge is 0.368 e. The smallest absolute Gasteiger partial charge is 0.0572 e. The van der Waals surface area contributed by atoms with Gasteiger partial charge in [-0.1, -0.05) is 26.7 Å². The van der Waals surface area contributed by atoms with Crippen LogP contribution in [-0.4, -0.2) is 17.6 Å². The molecule has 19 heavy (non-hydrogen) atoms. The van der Waals surface area contributed by atoms with E-state index in [1.807, 2.05) is 6.20 Å². The highest BCUT2D eigenvalue weighted by molar-refractivity contribution is 5.45. The molecule has 0 saturated carbocycles. The van der Waals surface area contributed by atoms with Gasteiger partial charge in [0.25, 0.3) is 0 Å². The van der Waals surface area contributed by atoms with Crippen LogP contribution in [0.1, 0.15) is 65.1 Å². The van der Waals surface area contributed by atoms with Gasteiger partial charge in [0.2, 0.25) is 0 Å². The number of aromatic nitrogens is 1. The average Bonchev–Trinajstić information content (AvgIpc) is 2.42. The first-order valence-corrected chi connectivity index (χ1v) is 7.58. The van der Waals surface area contributed by atoms with E-state index in [0.717, 1.165) is 18.7 Å². The predicted molar refractivity (Wildman–Crippen MR) is 83.5 cm³/mol. The first-order chi connectivity index (χ1) is 9.10. The Morgan fingerprint density at radius 3 is 2.42 bits per heavy atom. The Balaban J connectivity index is 2.74. The van der Waals surface area contributed by atoms with Gasteiger partial charge in [0.15, 0.2) is 0 Å². The maximum absolute atomic E-state index is 6.00. The van der Waals surface area contributed by atoms with E-state index < -0.39 is 0 Å². The minimum atomic E-state index is 0.0571. The minimum absolute atomic E-state index is 0.0571. The molecular formula is C16H29N3. The Morgan fingerprint density at radius 1 is 1.21 bits per heavy atom. The van der Waals surface area contributed by atoms with Crippen LogP contribution in [0.25, 0.3) is 0 Å². The van der Waals surface area contributed by atoms with Crippen LogP contribution in [0.3, 0.4) is 0 Å². The Kier molecular flexibility index (Phi) is 6.85. The molecule has 1 aromatic heterocycles. The third-order valence-electron chi connectivity index (χ3n) is 3.55. The lowest BCUT2D eigenvalue weighted by atomic mass is 10.1. The second kappa shape index (κ2) is 8.16. The maximum Gasteiger partial charge on any atom is 0.0572 e. The van der Waals surface area contributed by atoms with Crippen LogP contribution in [0.2, 0.25) is 0 Å². The van der Waals surface area contributed by atoms with Crippen molar-refractivity contribution >= 4 is 5.69 Å². The van der Waals surface area contributed by atoms with Gasteiger partial charge in [-0.3, -0.25) is 4.98 Å². The molecule has 0 bridgehead atoms. The van der Waals surface area contributed by atoms with E-state index in [2.05, 4.69) is 49.7 Å². The van der Waals surface area contributed by atoms with E-state index in [4.69, 9.17) is 5.73 Å². The fourth-order valence-corrected chi connectivity index (χ4v) is 2.21. The zero-order valence-corrected chi connectivity index (χ0v) is 12.9. The van der Waals surface area contributed by atoms with E-state index in [9.17, 15) is 0 Å². The molecule has 3 nitrogen and oxygen atoms in total. The fraction of sp³-hybridized carbons (Fsp3) is 0.688. The van der Waals surface area contributed by atoms with Crippen LogP contribution < -0.4 is 10.6 Å². The molecule has 0 aromatic carbocycles. The predicted octanol–water partition coefficient (Wildman–Crippen LogP) is 3.90. The summed E-state index contributed by atoms with van der Waals surface area (Å²) >= 11 is 0. The van der Waals surface area contributed by atoms with Crippen molar-refractivity contribution in [3.8, 4) is 0 Å². The molecular weight excluding hydrogens is 234 g/mol. The van der Waals surface area contributed by atoms with Gasteiger partial charge in [-0.25, -0.2) is 0 Å². The summed E-state index contributed by atoms with van der Waals surface area (Å²) in [5.74, 6) is 0. The molecule has 0 saturated heterocycles. The van der Waals surface area contributed by atoms with Crippen molar-refractivity contribution in [3.63, 3.8) is 0 Å². The summed E-state index contributed by atoms with van der Waals surface area (Å²) in [5, 5.41) is 0. The maximum atomic E-state index is 6.00. The van der Waals surface area contributed by atoms with Gasteiger partial charge in [0.05, 0.1) is 17.6 Å². The molecule has 0 aliphatic carbocycles. The summed E-state index contributed by atoms with van der Waals surface area (Å²) in [7, 11) is 0. The molecule has 1 rings (SSSR count). The van der Waals surface area contributed by atoms with Gasteiger partial charge in [0, 0.05) is 18.6 Å². The lowest BCUT2D eigenvalue weighted by molar-refractivity contribution is 0.623. The fourth-order valence-electron chi connectivity index (χ4n) is 2.21. The van der Waals surface area contributed by atoms with Crippen molar-refractivity contribution in [1.82, 2.24) is 4.98 Å². The molecule has 0 aliphatic heterocycles. The normalized spacial score (nSPS) is 12.7. The second-order valence-electron chi connectivity index (χ2n) is 5.45. The van der Waals surface area contributed by atoms with Crippen LogP contribution in [0, 0.1) is 0 Å². The van der Waals surface area contributed by atoms with E-state index in [1.165, 1.54) is 24.9 Å². The van der Waals surface area contributed by atoms with Crippen LogP contribution in [-0.2, 0) is 0 Å². The van der Waals surface area contributed by atoms with Crippen molar-refractivity contribution in [2.45, 2.75) is 65.5 Å². The van der Waals surface area contributed by atoms with E-state index in [-0.39, 0.29) is 6.04 Å². The minimum Gasteiger partial charge on any atom is -0.368 e. The van der Waals surface area contributed by atoms with Gasteiger partial charge >= 0.3 is 0 Å². The topological polar surface area (TPSA) is 42.1 Å². The van der Waals surface area contributed by atoms with Crippen molar-refractivity contribution in [2.24, 2.45) is 5.73 Å². The van der Waals surface area contributed by atoms with Crippen LogP contribution >= 0.6 is 0 Å². The zero-order valence-electron chi connectivity index (χ0n) is 12.9.